The van der Waals surface area contributed by atoms with Crippen LogP contribution in [0.15, 0.2) is 12.1 Å². The second-order valence-electron chi connectivity index (χ2n) is 2.92. The quantitative estimate of drug-likeness (QED) is 0.745. The van der Waals surface area contributed by atoms with Crippen LogP contribution in [0.3, 0.4) is 0 Å². The molecule has 0 fully saturated rings. The van der Waals surface area contributed by atoms with E-state index in [1.54, 1.807) is 13.8 Å². The first kappa shape index (κ1) is 12.4. The Morgan fingerprint density at radius 2 is 1.94 bits per heavy atom. The van der Waals surface area contributed by atoms with Gasteiger partial charge in [0.25, 0.3) is 0 Å². The maximum atomic E-state index is 13.2. The largest absolute Gasteiger partial charge is 0.491 e. The van der Waals surface area contributed by atoms with Crippen LogP contribution in [0.4, 0.5) is 8.78 Å². The van der Waals surface area contributed by atoms with Gasteiger partial charge in [-0.3, -0.25) is 0 Å². The molecule has 0 aliphatic heterocycles. The summed E-state index contributed by atoms with van der Waals surface area (Å²) in [5, 5.41) is 0. The number of carbonyl (C=O) groups excluding carboxylic acids is 1. The molecule has 0 spiro atoms. The molecule has 0 heterocycles. The maximum absolute atomic E-state index is 13.2. The molecule has 0 aromatic heterocycles. The molecular formula is C11H12F2O3. The molecule has 3 nitrogen and oxygen atoms in total. The summed E-state index contributed by atoms with van der Waals surface area (Å²) in [6.45, 7) is 3.61. The molecule has 0 atom stereocenters. The highest BCUT2D eigenvalue weighted by molar-refractivity contribution is 5.89. The van der Waals surface area contributed by atoms with Crippen LogP contribution in [0.2, 0.25) is 0 Å². The third-order valence-electron chi connectivity index (χ3n) is 1.81. The summed E-state index contributed by atoms with van der Waals surface area (Å²) < 4.78 is 35.8. The molecule has 0 aliphatic rings. The summed E-state index contributed by atoms with van der Waals surface area (Å²) in [7, 11) is 0. The van der Waals surface area contributed by atoms with Crippen LogP contribution in [0.5, 0.6) is 5.75 Å². The van der Waals surface area contributed by atoms with Gasteiger partial charge in [-0.2, -0.15) is 4.39 Å². The minimum absolute atomic E-state index is 0.0656. The van der Waals surface area contributed by atoms with E-state index in [0.717, 1.165) is 12.1 Å². The van der Waals surface area contributed by atoms with Gasteiger partial charge in [0, 0.05) is 0 Å². The zero-order valence-corrected chi connectivity index (χ0v) is 9.05. The molecule has 1 aromatic rings. The molecule has 88 valence electrons. The van der Waals surface area contributed by atoms with Crippen molar-refractivity contribution in [1.29, 1.82) is 0 Å². The van der Waals surface area contributed by atoms with Crippen LogP contribution in [-0.4, -0.2) is 19.2 Å². The van der Waals surface area contributed by atoms with Crippen molar-refractivity contribution in [3.05, 3.63) is 29.3 Å². The van der Waals surface area contributed by atoms with Crippen LogP contribution < -0.4 is 4.74 Å². The Bertz CT molecular complexity index is 391. The maximum Gasteiger partial charge on any atom is 0.338 e. The number of carbonyl (C=O) groups is 1. The highest BCUT2D eigenvalue weighted by atomic mass is 19.2. The fraction of sp³-hybridized carbons (Fsp3) is 0.364. The molecule has 0 bridgehead atoms. The topological polar surface area (TPSA) is 35.5 Å². The second-order valence-corrected chi connectivity index (χ2v) is 2.92. The van der Waals surface area contributed by atoms with Crippen LogP contribution in [0.25, 0.3) is 0 Å². The van der Waals surface area contributed by atoms with E-state index in [1.807, 2.05) is 0 Å². The van der Waals surface area contributed by atoms with Gasteiger partial charge >= 0.3 is 5.97 Å². The summed E-state index contributed by atoms with van der Waals surface area (Å²) in [4.78, 5) is 11.3. The van der Waals surface area contributed by atoms with Gasteiger partial charge in [-0.05, 0) is 26.0 Å². The van der Waals surface area contributed by atoms with E-state index in [9.17, 15) is 13.6 Å². The summed E-state index contributed by atoms with van der Waals surface area (Å²) in [6.07, 6.45) is 0. The number of benzene rings is 1. The van der Waals surface area contributed by atoms with E-state index in [-0.39, 0.29) is 24.5 Å². The third-order valence-corrected chi connectivity index (χ3v) is 1.81. The summed E-state index contributed by atoms with van der Waals surface area (Å²) >= 11 is 0. The van der Waals surface area contributed by atoms with E-state index in [2.05, 4.69) is 4.74 Å². The number of hydrogen-bond donors (Lipinski definition) is 0. The van der Waals surface area contributed by atoms with Crippen molar-refractivity contribution < 1.29 is 23.0 Å². The van der Waals surface area contributed by atoms with E-state index < -0.39 is 17.6 Å². The summed E-state index contributed by atoms with van der Waals surface area (Å²) in [5.74, 6) is -3.23. The Hall–Kier alpha value is -1.65. The first-order valence-electron chi connectivity index (χ1n) is 4.89. The lowest BCUT2D eigenvalue weighted by Gasteiger charge is -2.07. The predicted molar refractivity (Wildman–Crippen MR) is 53.5 cm³/mol. The first-order valence-corrected chi connectivity index (χ1v) is 4.89. The molecule has 16 heavy (non-hydrogen) atoms. The van der Waals surface area contributed by atoms with Gasteiger partial charge in [-0.15, -0.1) is 0 Å². The van der Waals surface area contributed by atoms with Crippen molar-refractivity contribution in [3.63, 3.8) is 0 Å². The number of rotatable bonds is 4. The number of halogens is 2. The van der Waals surface area contributed by atoms with Gasteiger partial charge in [-0.1, -0.05) is 0 Å². The van der Waals surface area contributed by atoms with Crippen molar-refractivity contribution in [2.75, 3.05) is 13.2 Å². The van der Waals surface area contributed by atoms with Gasteiger partial charge in [0.05, 0.1) is 18.8 Å². The average Bonchev–Trinajstić information content (AvgIpc) is 2.25. The molecule has 0 unspecified atom stereocenters. The molecule has 0 aliphatic carbocycles. The van der Waals surface area contributed by atoms with E-state index in [4.69, 9.17) is 4.74 Å². The number of esters is 1. The lowest BCUT2D eigenvalue weighted by atomic mass is 10.2. The van der Waals surface area contributed by atoms with Crippen molar-refractivity contribution in [3.8, 4) is 5.75 Å². The van der Waals surface area contributed by atoms with Gasteiger partial charge < -0.3 is 9.47 Å². The van der Waals surface area contributed by atoms with Crippen molar-refractivity contribution in [2.45, 2.75) is 13.8 Å². The van der Waals surface area contributed by atoms with Crippen LogP contribution in [0.1, 0.15) is 24.2 Å². The minimum Gasteiger partial charge on any atom is -0.491 e. The molecule has 0 amide bonds. The first-order chi connectivity index (χ1) is 7.60. The molecule has 0 saturated carbocycles. The predicted octanol–water partition coefficient (Wildman–Crippen LogP) is 2.54. The molecule has 1 rings (SSSR count). The van der Waals surface area contributed by atoms with E-state index in [1.165, 1.54) is 0 Å². The standard InChI is InChI=1S/C11H12F2O3/c1-3-15-9-6-7(11(14)16-4-2)5-8(12)10(9)13/h5-6H,3-4H2,1-2H3. The zero-order chi connectivity index (χ0) is 12.1. The SMILES string of the molecule is CCOC(=O)c1cc(F)c(F)c(OCC)c1. The van der Waals surface area contributed by atoms with E-state index >= 15 is 0 Å². The Balaban J connectivity index is 3.08. The highest BCUT2D eigenvalue weighted by Crippen LogP contribution is 2.22. The normalized spacial score (nSPS) is 10.0. The summed E-state index contributed by atoms with van der Waals surface area (Å²) in [5.41, 5.74) is -0.0656. The van der Waals surface area contributed by atoms with Gasteiger partial charge in [0.15, 0.2) is 11.6 Å². The minimum atomic E-state index is -1.13. The molecule has 0 radical (unpaired) electrons. The fourth-order valence-corrected chi connectivity index (χ4v) is 1.16. The van der Waals surface area contributed by atoms with Gasteiger partial charge in [0.1, 0.15) is 0 Å². The number of hydrogen-bond acceptors (Lipinski definition) is 3. The van der Waals surface area contributed by atoms with E-state index in [0.29, 0.717) is 0 Å². The number of ether oxygens (including phenoxy) is 2. The smallest absolute Gasteiger partial charge is 0.338 e. The Morgan fingerprint density at radius 1 is 1.25 bits per heavy atom. The second kappa shape index (κ2) is 5.44. The third kappa shape index (κ3) is 2.68. The monoisotopic (exact) mass is 230 g/mol. The molecule has 0 saturated heterocycles. The molecular weight excluding hydrogens is 218 g/mol. The fourth-order valence-electron chi connectivity index (χ4n) is 1.16. The van der Waals surface area contributed by atoms with Crippen LogP contribution in [0, 0.1) is 11.6 Å². The van der Waals surface area contributed by atoms with Crippen LogP contribution in [-0.2, 0) is 4.74 Å². The lowest BCUT2D eigenvalue weighted by Crippen LogP contribution is -2.07. The Labute approximate surface area is 92.0 Å². The van der Waals surface area contributed by atoms with Crippen LogP contribution >= 0.6 is 0 Å². The average molecular weight is 230 g/mol. The molecule has 1 aromatic carbocycles. The highest BCUT2D eigenvalue weighted by Gasteiger charge is 2.16. The van der Waals surface area contributed by atoms with Crippen molar-refractivity contribution >= 4 is 5.97 Å². The van der Waals surface area contributed by atoms with Gasteiger partial charge in [-0.25, -0.2) is 9.18 Å². The zero-order valence-electron chi connectivity index (χ0n) is 9.05. The van der Waals surface area contributed by atoms with Gasteiger partial charge in [0.2, 0.25) is 5.82 Å². The molecule has 5 heteroatoms. The Kier molecular flexibility index (Phi) is 4.22. The van der Waals surface area contributed by atoms with Crippen molar-refractivity contribution in [1.82, 2.24) is 0 Å². The summed E-state index contributed by atoms with van der Waals surface area (Å²) in [6, 6.07) is 1.91. The lowest BCUT2D eigenvalue weighted by molar-refractivity contribution is 0.0525. The van der Waals surface area contributed by atoms with Crippen molar-refractivity contribution in [2.24, 2.45) is 0 Å². The Morgan fingerprint density at radius 3 is 2.50 bits per heavy atom. The molecule has 0 N–H and O–H groups in total.